The van der Waals surface area contributed by atoms with E-state index in [2.05, 4.69) is 4.98 Å². The molecule has 3 heteroatoms. The molecule has 0 aliphatic rings. The van der Waals surface area contributed by atoms with E-state index in [0.29, 0.717) is 6.54 Å². The Labute approximate surface area is 96.8 Å². The molecule has 0 radical (unpaired) electrons. The second kappa shape index (κ2) is 6.05. The summed E-state index contributed by atoms with van der Waals surface area (Å²) in [7, 11) is 0. The molecule has 16 heavy (non-hydrogen) atoms. The normalized spacial score (nSPS) is 11.0. The van der Waals surface area contributed by atoms with Gasteiger partial charge in [-0.2, -0.15) is 0 Å². The van der Waals surface area contributed by atoms with Crippen molar-refractivity contribution in [2.75, 3.05) is 0 Å². The second-order valence-electron chi connectivity index (χ2n) is 3.92. The standard InChI is InChI=1S/C13H18N2O/c1-4-6-13(16)15(11(2)3)10-12-7-5-8-14-9-12/h4-9,11H,10H2,1-3H3. The van der Waals surface area contributed by atoms with Crippen LogP contribution in [-0.2, 0) is 11.3 Å². The van der Waals surface area contributed by atoms with Gasteiger partial charge in [0, 0.05) is 25.0 Å². The van der Waals surface area contributed by atoms with E-state index in [9.17, 15) is 4.79 Å². The van der Waals surface area contributed by atoms with E-state index >= 15 is 0 Å². The fourth-order valence-electron chi connectivity index (χ4n) is 1.44. The first-order chi connectivity index (χ1) is 7.65. The summed E-state index contributed by atoms with van der Waals surface area (Å²) in [6.45, 7) is 6.48. The van der Waals surface area contributed by atoms with Crippen molar-refractivity contribution in [1.29, 1.82) is 0 Å². The monoisotopic (exact) mass is 218 g/mol. The summed E-state index contributed by atoms with van der Waals surface area (Å²) >= 11 is 0. The van der Waals surface area contributed by atoms with Crippen molar-refractivity contribution in [3.63, 3.8) is 0 Å². The summed E-state index contributed by atoms with van der Waals surface area (Å²) in [6, 6.07) is 4.04. The first-order valence-electron chi connectivity index (χ1n) is 5.47. The molecule has 1 rings (SSSR count). The summed E-state index contributed by atoms with van der Waals surface area (Å²) in [5.74, 6) is 0.0429. The molecule has 0 aliphatic heterocycles. The molecule has 0 fully saturated rings. The lowest BCUT2D eigenvalue weighted by Gasteiger charge is -2.25. The maximum Gasteiger partial charge on any atom is 0.246 e. The van der Waals surface area contributed by atoms with Crippen LogP contribution in [0.2, 0.25) is 0 Å². The van der Waals surface area contributed by atoms with E-state index < -0.39 is 0 Å². The van der Waals surface area contributed by atoms with Crippen LogP contribution < -0.4 is 0 Å². The number of rotatable bonds is 4. The van der Waals surface area contributed by atoms with Gasteiger partial charge < -0.3 is 4.90 Å². The summed E-state index contributed by atoms with van der Waals surface area (Å²) < 4.78 is 0. The highest BCUT2D eigenvalue weighted by Gasteiger charge is 2.14. The summed E-state index contributed by atoms with van der Waals surface area (Å²) in [5.41, 5.74) is 1.05. The predicted molar refractivity (Wildman–Crippen MR) is 64.7 cm³/mol. The highest BCUT2D eigenvalue weighted by Crippen LogP contribution is 2.07. The van der Waals surface area contributed by atoms with Crippen LogP contribution >= 0.6 is 0 Å². The molecule has 0 aliphatic carbocycles. The molecule has 1 aromatic heterocycles. The van der Waals surface area contributed by atoms with Gasteiger partial charge in [-0.1, -0.05) is 12.1 Å². The number of hydrogen-bond donors (Lipinski definition) is 0. The first kappa shape index (κ1) is 12.4. The quantitative estimate of drug-likeness (QED) is 0.727. The van der Waals surface area contributed by atoms with Gasteiger partial charge in [0.25, 0.3) is 0 Å². The largest absolute Gasteiger partial charge is 0.332 e. The lowest BCUT2D eigenvalue weighted by molar-refractivity contribution is -0.128. The third kappa shape index (κ3) is 3.50. The number of hydrogen-bond acceptors (Lipinski definition) is 2. The predicted octanol–water partition coefficient (Wildman–Crippen LogP) is 2.39. The number of pyridine rings is 1. The third-order valence-corrected chi connectivity index (χ3v) is 2.29. The van der Waals surface area contributed by atoms with Gasteiger partial charge in [0.1, 0.15) is 0 Å². The SMILES string of the molecule is CC=CC(=O)N(Cc1cccnc1)C(C)C. The van der Waals surface area contributed by atoms with Crippen LogP contribution in [0.25, 0.3) is 0 Å². The Kier molecular flexibility index (Phi) is 4.70. The van der Waals surface area contributed by atoms with E-state index in [1.54, 1.807) is 24.5 Å². The van der Waals surface area contributed by atoms with Crippen molar-refractivity contribution in [2.24, 2.45) is 0 Å². The minimum absolute atomic E-state index is 0.0429. The summed E-state index contributed by atoms with van der Waals surface area (Å²) in [6.07, 6.45) is 6.88. The van der Waals surface area contributed by atoms with Crippen LogP contribution in [0.5, 0.6) is 0 Å². The topological polar surface area (TPSA) is 33.2 Å². The number of nitrogens with zero attached hydrogens (tertiary/aromatic N) is 2. The van der Waals surface area contributed by atoms with Gasteiger partial charge in [-0.15, -0.1) is 0 Å². The Balaban J connectivity index is 2.77. The molecular formula is C13H18N2O. The molecule has 0 aromatic carbocycles. The van der Waals surface area contributed by atoms with Crippen LogP contribution in [0.1, 0.15) is 26.3 Å². The molecular weight excluding hydrogens is 200 g/mol. The zero-order chi connectivity index (χ0) is 12.0. The van der Waals surface area contributed by atoms with Crippen molar-refractivity contribution in [1.82, 2.24) is 9.88 Å². The van der Waals surface area contributed by atoms with Gasteiger partial charge >= 0.3 is 0 Å². The van der Waals surface area contributed by atoms with E-state index in [4.69, 9.17) is 0 Å². The molecule has 86 valence electrons. The lowest BCUT2D eigenvalue weighted by Crippen LogP contribution is -2.35. The van der Waals surface area contributed by atoms with Crippen LogP contribution in [0, 0.1) is 0 Å². The Hall–Kier alpha value is -1.64. The molecule has 1 heterocycles. The molecule has 0 atom stereocenters. The van der Waals surface area contributed by atoms with Gasteiger partial charge in [0.15, 0.2) is 0 Å². The van der Waals surface area contributed by atoms with Crippen molar-refractivity contribution in [3.05, 3.63) is 42.2 Å². The number of allylic oxidation sites excluding steroid dienone is 1. The zero-order valence-corrected chi connectivity index (χ0v) is 10.1. The maximum absolute atomic E-state index is 11.8. The molecule has 1 amide bonds. The van der Waals surface area contributed by atoms with Gasteiger partial charge in [-0.25, -0.2) is 0 Å². The fourth-order valence-corrected chi connectivity index (χ4v) is 1.44. The molecule has 1 aromatic rings. The molecule has 0 saturated carbocycles. The number of aromatic nitrogens is 1. The average Bonchev–Trinajstić information content (AvgIpc) is 2.27. The Bertz CT molecular complexity index is 357. The molecule has 3 nitrogen and oxygen atoms in total. The van der Waals surface area contributed by atoms with Crippen LogP contribution in [0.3, 0.4) is 0 Å². The lowest BCUT2D eigenvalue weighted by atomic mass is 10.2. The third-order valence-electron chi connectivity index (χ3n) is 2.29. The number of carbonyl (C=O) groups excluding carboxylic acids is 1. The smallest absolute Gasteiger partial charge is 0.246 e. The summed E-state index contributed by atoms with van der Waals surface area (Å²) in [5, 5.41) is 0. The first-order valence-corrected chi connectivity index (χ1v) is 5.47. The highest BCUT2D eigenvalue weighted by atomic mass is 16.2. The average molecular weight is 218 g/mol. The van der Waals surface area contributed by atoms with E-state index in [1.807, 2.05) is 37.8 Å². The van der Waals surface area contributed by atoms with Gasteiger partial charge in [-0.3, -0.25) is 9.78 Å². The fraction of sp³-hybridized carbons (Fsp3) is 0.385. The number of amides is 1. The van der Waals surface area contributed by atoms with Crippen LogP contribution in [-0.4, -0.2) is 21.8 Å². The van der Waals surface area contributed by atoms with E-state index in [1.165, 1.54) is 0 Å². The van der Waals surface area contributed by atoms with E-state index in [0.717, 1.165) is 5.56 Å². The van der Waals surface area contributed by atoms with Crippen molar-refractivity contribution < 1.29 is 4.79 Å². The van der Waals surface area contributed by atoms with Gasteiger partial charge in [-0.05, 0) is 38.5 Å². The molecule has 0 spiro atoms. The van der Waals surface area contributed by atoms with Crippen molar-refractivity contribution in [3.8, 4) is 0 Å². The van der Waals surface area contributed by atoms with Crippen molar-refractivity contribution in [2.45, 2.75) is 33.4 Å². The Morgan fingerprint density at radius 3 is 2.81 bits per heavy atom. The van der Waals surface area contributed by atoms with Gasteiger partial charge in [0.2, 0.25) is 5.91 Å². The maximum atomic E-state index is 11.8. The Morgan fingerprint density at radius 1 is 1.56 bits per heavy atom. The molecule has 0 unspecified atom stereocenters. The van der Waals surface area contributed by atoms with Gasteiger partial charge in [0.05, 0.1) is 0 Å². The summed E-state index contributed by atoms with van der Waals surface area (Å²) in [4.78, 5) is 17.7. The second-order valence-corrected chi connectivity index (χ2v) is 3.92. The minimum Gasteiger partial charge on any atom is -0.332 e. The van der Waals surface area contributed by atoms with Crippen LogP contribution in [0.15, 0.2) is 36.7 Å². The van der Waals surface area contributed by atoms with Crippen molar-refractivity contribution >= 4 is 5.91 Å². The van der Waals surface area contributed by atoms with Crippen LogP contribution in [0.4, 0.5) is 0 Å². The number of carbonyl (C=O) groups is 1. The molecule has 0 bridgehead atoms. The molecule has 0 N–H and O–H groups in total. The highest BCUT2D eigenvalue weighted by molar-refractivity contribution is 5.87. The minimum atomic E-state index is 0.0429. The zero-order valence-electron chi connectivity index (χ0n) is 10.1. The molecule has 0 saturated heterocycles. The Morgan fingerprint density at radius 2 is 2.31 bits per heavy atom. The van der Waals surface area contributed by atoms with E-state index in [-0.39, 0.29) is 11.9 Å².